The van der Waals surface area contributed by atoms with Crippen LogP contribution in [0.5, 0.6) is 0 Å². The summed E-state index contributed by atoms with van der Waals surface area (Å²) in [5, 5.41) is 0. The van der Waals surface area contributed by atoms with Crippen molar-refractivity contribution in [2.75, 3.05) is 0 Å². The molecule has 1 rings (SSSR count). The number of aryl methyl sites for hydroxylation is 1. The molecule has 0 aliphatic heterocycles. The summed E-state index contributed by atoms with van der Waals surface area (Å²) in [4.78, 5) is 11.5. The molecule has 0 N–H and O–H groups in total. The summed E-state index contributed by atoms with van der Waals surface area (Å²) in [6.07, 6.45) is 1.78. The number of carbonyl (C=O) groups is 1. The topological polar surface area (TPSA) is 17.1 Å². The Bertz CT molecular complexity index is 376. The molecule has 15 heavy (non-hydrogen) atoms. The van der Waals surface area contributed by atoms with Crippen LogP contribution < -0.4 is 0 Å². The fourth-order valence-corrected chi connectivity index (χ4v) is 1.35. The van der Waals surface area contributed by atoms with Crippen molar-refractivity contribution in [2.24, 2.45) is 0 Å². The van der Waals surface area contributed by atoms with Gasteiger partial charge in [0, 0.05) is 19.3 Å². The molecule has 0 unspecified atom stereocenters. The molecular formula is C14H16O. The SMILES string of the molecule is CC#CCCC(=O)Cc1ccc(C)cc1. The largest absolute Gasteiger partial charge is 0.299 e. The molecule has 0 spiro atoms. The lowest BCUT2D eigenvalue weighted by Crippen LogP contribution is -2.01. The highest BCUT2D eigenvalue weighted by molar-refractivity contribution is 5.81. The molecule has 0 fully saturated rings. The quantitative estimate of drug-likeness (QED) is 0.683. The number of ketones is 1. The zero-order valence-electron chi connectivity index (χ0n) is 9.34. The van der Waals surface area contributed by atoms with Gasteiger partial charge >= 0.3 is 0 Å². The number of hydrogen-bond donors (Lipinski definition) is 0. The van der Waals surface area contributed by atoms with Gasteiger partial charge in [0.15, 0.2) is 0 Å². The van der Waals surface area contributed by atoms with E-state index in [1.165, 1.54) is 5.56 Å². The van der Waals surface area contributed by atoms with E-state index in [4.69, 9.17) is 0 Å². The number of rotatable bonds is 4. The highest BCUT2D eigenvalue weighted by Crippen LogP contribution is 2.05. The van der Waals surface area contributed by atoms with Crippen LogP contribution in [0.3, 0.4) is 0 Å². The Morgan fingerprint density at radius 1 is 1.27 bits per heavy atom. The van der Waals surface area contributed by atoms with Crippen molar-refractivity contribution in [1.29, 1.82) is 0 Å². The Balaban J connectivity index is 2.43. The van der Waals surface area contributed by atoms with Gasteiger partial charge < -0.3 is 0 Å². The Labute approximate surface area is 91.5 Å². The molecule has 0 bridgehead atoms. The van der Waals surface area contributed by atoms with Crippen molar-refractivity contribution in [3.05, 3.63) is 35.4 Å². The predicted molar refractivity (Wildman–Crippen MR) is 62.6 cm³/mol. The summed E-state index contributed by atoms with van der Waals surface area (Å²) in [6.45, 7) is 3.84. The van der Waals surface area contributed by atoms with Gasteiger partial charge in [0.2, 0.25) is 0 Å². The Kier molecular flexibility index (Phi) is 4.63. The molecule has 78 valence electrons. The summed E-state index contributed by atoms with van der Waals surface area (Å²) < 4.78 is 0. The zero-order valence-corrected chi connectivity index (χ0v) is 9.34. The van der Waals surface area contributed by atoms with Gasteiger partial charge in [-0.3, -0.25) is 4.79 Å². The molecule has 0 aromatic heterocycles. The van der Waals surface area contributed by atoms with Crippen LogP contribution in [0.25, 0.3) is 0 Å². The molecule has 0 aliphatic rings. The molecule has 1 aromatic rings. The molecule has 0 amide bonds. The Morgan fingerprint density at radius 3 is 2.53 bits per heavy atom. The lowest BCUT2D eigenvalue weighted by molar-refractivity contribution is -0.118. The first-order valence-electron chi connectivity index (χ1n) is 5.19. The monoisotopic (exact) mass is 200 g/mol. The molecule has 0 atom stereocenters. The second kappa shape index (κ2) is 6.03. The Morgan fingerprint density at radius 2 is 1.93 bits per heavy atom. The fourth-order valence-electron chi connectivity index (χ4n) is 1.35. The molecule has 1 heteroatoms. The van der Waals surface area contributed by atoms with Crippen molar-refractivity contribution in [2.45, 2.75) is 33.1 Å². The van der Waals surface area contributed by atoms with Crippen LogP contribution in [0.15, 0.2) is 24.3 Å². The smallest absolute Gasteiger partial charge is 0.138 e. The van der Waals surface area contributed by atoms with Crippen molar-refractivity contribution in [1.82, 2.24) is 0 Å². The average Bonchev–Trinajstić information content (AvgIpc) is 2.22. The van der Waals surface area contributed by atoms with E-state index in [-0.39, 0.29) is 5.78 Å². The normalized spacial score (nSPS) is 9.20. The summed E-state index contributed by atoms with van der Waals surface area (Å²) in [5.74, 6) is 5.96. The lowest BCUT2D eigenvalue weighted by Gasteiger charge is -2.00. The third-order valence-corrected chi connectivity index (χ3v) is 2.23. The second-order valence-electron chi connectivity index (χ2n) is 3.63. The van der Waals surface area contributed by atoms with Crippen LogP contribution in [0.2, 0.25) is 0 Å². The van der Waals surface area contributed by atoms with Crippen molar-refractivity contribution >= 4 is 5.78 Å². The molecule has 0 radical (unpaired) electrons. The lowest BCUT2D eigenvalue weighted by atomic mass is 10.0. The first kappa shape index (κ1) is 11.5. The van der Waals surface area contributed by atoms with Gasteiger partial charge in [0.05, 0.1) is 0 Å². The molecule has 0 aliphatic carbocycles. The van der Waals surface area contributed by atoms with Gasteiger partial charge in [-0.25, -0.2) is 0 Å². The predicted octanol–water partition coefficient (Wildman–Crippen LogP) is 2.91. The third kappa shape index (κ3) is 4.46. The van der Waals surface area contributed by atoms with Crippen LogP contribution in [-0.4, -0.2) is 5.78 Å². The standard InChI is InChI=1S/C14H16O/c1-3-4-5-6-14(15)11-13-9-7-12(2)8-10-13/h7-10H,5-6,11H2,1-2H3. The maximum absolute atomic E-state index is 11.5. The third-order valence-electron chi connectivity index (χ3n) is 2.23. The summed E-state index contributed by atoms with van der Waals surface area (Å²) in [6, 6.07) is 8.10. The van der Waals surface area contributed by atoms with E-state index < -0.39 is 0 Å². The number of hydrogen-bond acceptors (Lipinski definition) is 1. The minimum atomic E-state index is 0.265. The van der Waals surface area contributed by atoms with E-state index in [0.717, 1.165) is 5.56 Å². The van der Waals surface area contributed by atoms with Crippen LogP contribution in [0.1, 0.15) is 30.9 Å². The number of Topliss-reactive ketones (excluding diaryl/α,β-unsaturated/α-hetero) is 1. The van der Waals surface area contributed by atoms with Gasteiger partial charge in [0.1, 0.15) is 5.78 Å². The van der Waals surface area contributed by atoms with E-state index in [0.29, 0.717) is 19.3 Å². The second-order valence-corrected chi connectivity index (χ2v) is 3.63. The average molecular weight is 200 g/mol. The van der Waals surface area contributed by atoms with Crippen molar-refractivity contribution < 1.29 is 4.79 Å². The maximum atomic E-state index is 11.5. The highest BCUT2D eigenvalue weighted by Gasteiger charge is 2.02. The first-order chi connectivity index (χ1) is 7.22. The van der Waals surface area contributed by atoms with Gasteiger partial charge in [-0.2, -0.15) is 0 Å². The van der Waals surface area contributed by atoms with Gasteiger partial charge in [-0.05, 0) is 19.4 Å². The van der Waals surface area contributed by atoms with Gasteiger partial charge in [-0.1, -0.05) is 29.8 Å². The minimum absolute atomic E-state index is 0.265. The van der Waals surface area contributed by atoms with E-state index >= 15 is 0 Å². The summed E-state index contributed by atoms with van der Waals surface area (Å²) in [5.41, 5.74) is 2.32. The van der Waals surface area contributed by atoms with Crippen LogP contribution in [0.4, 0.5) is 0 Å². The molecule has 1 nitrogen and oxygen atoms in total. The van der Waals surface area contributed by atoms with E-state index in [1.54, 1.807) is 6.92 Å². The summed E-state index contributed by atoms with van der Waals surface area (Å²) >= 11 is 0. The zero-order chi connectivity index (χ0) is 11.1. The van der Waals surface area contributed by atoms with E-state index in [9.17, 15) is 4.79 Å². The number of benzene rings is 1. The number of carbonyl (C=O) groups excluding carboxylic acids is 1. The first-order valence-corrected chi connectivity index (χ1v) is 5.19. The molecule has 0 saturated carbocycles. The Hall–Kier alpha value is -1.55. The highest BCUT2D eigenvalue weighted by atomic mass is 16.1. The van der Waals surface area contributed by atoms with Crippen LogP contribution in [0, 0.1) is 18.8 Å². The van der Waals surface area contributed by atoms with Gasteiger partial charge in [0.25, 0.3) is 0 Å². The van der Waals surface area contributed by atoms with Crippen LogP contribution >= 0.6 is 0 Å². The molecule has 0 heterocycles. The van der Waals surface area contributed by atoms with Gasteiger partial charge in [-0.15, -0.1) is 11.8 Å². The van der Waals surface area contributed by atoms with Crippen LogP contribution in [-0.2, 0) is 11.2 Å². The maximum Gasteiger partial charge on any atom is 0.138 e. The summed E-state index contributed by atoms with van der Waals surface area (Å²) in [7, 11) is 0. The fraction of sp³-hybridized carbons (Fsp3) is 0.357. The van der Waals surface area contributed by atoms with Crippen molar-refractivity contribution in [3.8, 4) is 11.8 Å². The minimum Gasteiger partial charge on any atom is -0.299 e. The molecule has 0 saturated heterocycles. The van der Waals surface area contributed by atoms with E-state index in [2.05, 4.69) is 11.8 Å². The van der Waals surface area contributed by atoms with Crippen molar-refractivity contribution in [3.63, 3.8) is 0 Å². The van der Waals surface area contributed by atoms with E-state index in [1.807, 2.05) is 31.2 Å². The molecular weight excluding hydrogens is 184 g/mol. The molecule has 1 aromatic carbocycles.